The zero-order valence-electron chi connectivity index (χ0n) is 16.3. The molecule has 3 aromatic heterocycles. The Morgan fingerprint density at radius 1 is 1.35 bits per heavy atom. The van der Waals surface area contributed by atoms with E-state index in [2.05, 4.69) is 30.6 Å². The lowest BCUT2D eigenvalue weighted by Crippen LogP contribution is -2.16. The molecule has 0 saturated carbocycles. The molecule has 0 radical (unpaired) electrons. The fourth-order valence-corrected chi connectivity index (χ4v) is 3.14. The third kappa shape index (κ3) is 3.78. The number of carbonyl (C=O) groups is 2. The molecule has 11 nitrogen and oxygen atoms in total. The number of benzene rings is 1. The normalized spacial score (nSPS) is 12.0. The maximum Gasteiger partial charge on any atom is 0.328 e. The summed E-state index contributed by atoms with van der Waals surface area (Å²) in [4.78, 5) is 32.4. The molecule has 3 N–H and O–H groups in total. The molecule has 158 valence electrons. The number of H-pyrrole nitrogens is 1. The van der Waals surface area contributed by atoms with Crippen LogP contribution in [0.2, 0.25) is 5.02 Å². The standard InChI is InChI=1S/C19H16ClN7O4/c1-9(19(29)30)27-7-13(15(26-27)11-5-10(20)3-4-14(11)31-2)23-18(28)17-16-12(24-25-17)6-21-8-22-16/h3-9H,1-2H3,(H,23,28)(H,24,25)(H,29,30). The number of nitrogens with one attached hydrogen (secondary N) is 2. The number of hydrogen-bond acceptors (Lipinski definition) is 7. The topological polar surface area (TPSA) is 148 Å². The second kappa shape index (κ2) is 8.03. The molecule has 0 saturated heterocycles. The van der Waals surface area contributed by atoms with Gasteiger partial charge >= 0.3 is 5.97 Å². The van der Waals surface area contributed by atoms with Gasteiger partial charge in [-0.15, -0.1) is 0 Å². The number of nitrogens with zero attached hydrogens (tertiary/aromatic N) is 5. The molecule has 1 unspecified atom stereocenters. The number of carbonyl (C=O) groups excluding carboxylic acids is 1. The summed E-state index contributed by atoms with van der Waals surface area (Å²) in [6.45, 7) is 1.47. The summed E-state index contributed by atoms with van der Waals surface area (Å²) in [6, 6.07) is 3.94. The largest absolute Gasteiger partial charge is 0.496 e. The lowest BCUT2D eigenvalue weighted by atomic mass is 10.1. The number of anilines is 1. The molecule has 0 aliphatic rings. The van der Waals surface area contributed by atoms with Crippen LogP contribution in [0.1, 0.15) is 23.5 Å². The van der Waals surface area contributed by atoms with Crippen molar-refractivity contribution in [2.45, 2.75) is 13.0 Å². The van der Waals surface area contributed by atoms with E-state index in [1.165, 1.54) is 37.4 Å². The van der Waals surface area contributed by atoms with Crippen LogP contribution in [0.5, 0.6) is 5.75 Å². The van der Waals surface area contributed by atoms with Gasteiger partial charge < -0.3 is 15.2 Å². The Morgan fingerprint density at radius 3 is 2.90 bits per heavy atom. The summed E-state index contributed by atoms with van der Waals surface area (Å²) in [5, 5.41) is 23.6. The van der Waals surface area contributed by atoms with Crippen molar-refractivity contribution in [3.63, 3.8) is 0 Å². The van der Waals surface area contributed by atoms with Gasteiger partial charge in [0.25, 0.3) is 5.91 Å². The van der Waals surface area contributed by atoms with Gasteiger partial charge in [0.2, 0.25) is 0 Å². The summed E-state index contributed by atoms with van der Waals surface area (Å²) >= 11 is 6.15. The van der Waals surface area contributed by atoms with Crippen molar-refractivity contribution >= 4 is 40.2 Å². The van der Waals surface area contributed by atoms with Gasteiger partial charge in [-0.2, -0.15) is 10.2 Å². The summed E-state index contributed by atoms with van der Waals surface area (Å²) in [6.07, 6.45) is 4.24. The highest BCUT2D eigenvalue weighted by atomic mass is 35.5. The van der Waals surface area contributed by atoms with Crippen LogP contribution in [0.15, 0.2) is 36.9 Å². The minimum absolute atomic E-state index is 0.0560. The monoisotopic (exact) mass is 441 g/mol. The molecule has 4 rings (SSSR count). The number of hydrogen-bond donors (Lipinski definition) is 3. The molecule has 1 aromatic carbocycles. The number of aromatic nitrogens is 6. The first-order valence-corrected chi connectivity index (χ1v) is 9.38. The van der Waals surface area contributed by atoms with Gasteiger partial charge in [0.15, 0.2) is 5.69 Å². The third-order valence-electron chi connectivity index (χ3n) is 4.59. The predicted octanol–water partition coefficient (Wildman–Crippen LogP) is 2.78. The highest BCUT2D eigenvalue weighted by Gasteiger charge is 2.24. The molecule has 0 fully saturated rings. The molecule has 0 aliphatic heterocycles. The third-order valence-corrected chi connectivity index (χ3v) is 4.83. The molecule has 12 heteroatoms. The fourth-order valence-electron chi connectivity index (χ4n) is 2.97. The zero-order chi connectivity index (χ0) is 22.1. The Bertz CT molecular complexity index is 1300. The Balaban J connectivity index is 1.80. The number of aromatic amines is 1. The molecule has 1 atom stereocenters. The molecular formula is C19H16ClN7O4. The van der Waals surface area contributed by atoms with Crippen molar-refractivity contribution in [3.05, 3.63) is 47.6 Å². The average molecular weight is 442 g/mol. The van der Waals surface area contributed by atoms with Gasteiger partial charge in [-0.3, -0.25) is 14.6 Å². The number of amides is 1. The van der Waals surface area contributed by atoms with Crippen molar-refractivity contribution in [1.29, 1.82) is 0 Å². The van der Waals surface area contributed by atoms with Crippen molar-refractivity contribution in [2.24, 2.45) is 0 Å². The second-order valence-electron chi connectivity index (χ2n) is 6.54. The van der Waals surface area contributed by atoms with Crippen molar-refractivity contribution in [1.82, 2.24) is 29.9 Å². The molecule has 4 aromatic rings. The lowest BCUT2D eigenvalue weighted by molar-refractivity contribution is -0.140. The summed E-state index contributed by atoms with van der Waals surface area (Å²) < 4.78 is 6.63. The Hall–Kier alpha value is -3.99. The smallest absolute Gasteiger partial charge is 0.328 e. The Labute approximate surface area is 180 Å². The number of aliphatic carboxylic acids is 1. The number of rotatable bonds is 6. The lowest BCUT2D eigenvalue weighted by Gasteiger charge is -2.09. The summed E-state index contributed by atoms with van der Waals surface area (Å²) in [7, 11) is 1.48. The van der Waals surface area contributed by atoms with Crippen LogP contribution in [0.4, 0.5) is 5.69 Å². The minimum atomic E-state index is -1.08. The number of carboxylic acid groups (broad SMARTS) is 1. The molecule has 3 heterocycles. The van der Waals surface area contributed by atoms with Crippen LogP contribution in [0.3, 0.4) is 0 Å². The van der Waals surface area contributed by atoms with E-state index in [9.17, 15) is 14.7 Å². The predicted molar refractivity (Wildman–Crippen MR) is 111 cm³/mol. The van der Waals surface area contributed by atoms with Gasteiger partial charge in [-0.05, 0) is 25.1 Å². The van der Waals surface area contributed by atoms with E-state index >= 15 is 0 Å². The van der Waals surface area contributed by atoms with Crippen LogP contribution < -0.4 is 10.1 Å². The number of halogens is 1. The van der Waals surface area contributed by atoms with Crippen molar-refractivity contribution in [3.8, 4) is 17.0 Å². The van der Waals surface area contributed by atoms with E-state index in [0.717, 1.165) is 0 Å². The molecular weight excluding hydrogens is 426 g/mol. The second-order valence-corrected chi connectivity index (χ2v) is 6.98. The van der Waals surface area contributed by atoms with E-state index in [1.54, 1.807) is 18.2 Å². The minimum Gasteiger partial charge on any atom is -0.496 e. The quantitative estimate of drug-likeness (QED) is 0.413. The Kier molecular flexibility index (Phi) is 5.26. The van der Waals surface area contributed by atoms with E-state index in [-0.39, 0.29) is 17.1 Å². The van der Waals surface area contributed by atoms with Crippen LogP contribution in [0.25, 0.3) is 22.3 Å². The number of ether oxygens (including phenoxy) is 1. The molecule has 0 bridgehead atoms. The first kappa shape index (κ1) is 20.3. The number of fused-ring (bicyclic) bond motifs is 1. The maximum absolute atomic E-state index is 12.9. The first-order valence-electron chi connectivity index (χ1n) is 9.00. The highest BCUT2D eigenvalue weighted by Crippen LogP contribution is 2.36. The maximum atomic E-state index is 12.9. The molecule has 0 spiro atoms. The van der Waals surface area contributed by atoms with Gasteiger partial charge in [-0.25, -0.2) is 14.8 Å². The van der Waals surface area contributed by atoms with Crippen LogP contribution in [0, 0.1) is 0 Å². The number of carboxylic acids is 1. The number of methoxy groups -OCH3 is 1. The van der Waals surface area contributed by atoms with E-state index in [4.69, 9.17) is 16.3 Å². The van der Waals surface area contributed by atoms with Gasteiger partial charge in [0.05, 0.1) is 25.2 Å². The van der Waals surface area contributed by atoms with Gasteiger partial charge in [0.1, 0.15) is 34.8 Å². The zero-order valence-corrected chi connectivity index (χ0v) is 17.1. The van der Waals surface area contributed by atoms with Gasteiger partial charge in [0, 0.05) is 10.6 Å². The molecule has 1 amide bonds. The van der Waals surface area contributed by atoms with Crippen molar-refractivity contribution < 1.29 is 19.4 Å². The van der Waals surface area contributed by atoms with E-state index in [0.29, 0.717) is 27.4 Å². The van der Waals surface area contributed by atoms with Crippen LogP contribution in [-0.2, 0) is 4.79 Å². The molecule has 31 heavy (non-hydrogen) atoms. The van der Waals surface area contributed by atoms with Gasteiger partial charge in [-0.1, -0.05) is 11.6 Å². The first-order chi connectivity index (χ1) is 14.9. The Morgan fingerprint density at radius 2 is 2.16 bits per heavy atom. The van der Waals surface area contributed by atoms with Crippen LogP contribution >= 0.6 is 11.6 Å². The summed E-state index contributed by atoms with van der Waals surface area (Å²) in [5.41, 5.74) is 1.93. The summed E-state index contributed by atoms with van der Waals surface area (Å²) in [5.74, 6) is -1.19. The van der Waals surface area contributed by atoms with Crippen LogP contribution in [-0.4, -0.2) is 54.0 Å². The average Bonchev–Trinajstić information content (AvgIpc) is 3.37. The van der Waals surface area contributed by atoms with E-state index in [1.807, 2.05) is 0 Å². The van der Waals surface area contributed by atoms with E-state index < -0.39 is 17.9 Å². The van der Waals surface area contributed by atoms with Crippen molar-refractivity contribution in [2.75, 3.05) is 12.4 Å². The highest BCUT2D eigenvalue weighted by molar-refractivity contribution is 6.31. The fraction of sp³-hybridized carbons (Fsp3) is 0.158. The molecule has 0 aliphatic carbocycles. The SMILES string of the molecule is COc1ccc(Cl)cc1-c1nn(C(C)C(=O)O)cc1NC(=O)c1n[nH]c2cncnc12.